The van der Waals surface area contributed by atoms with Crippen LogP contribution in [-0.4, -0.2) is 40.8 Å². The summed E-state index contributed by atoms with van der Waals surface area (Å²) in [5, 5.41) is 3.19. The van der Waals surface area contributed by atoms with Gasteiger partial charge in [0.25, 0.3) is 5.91 Å². The number of likely N-dealkylation sites (tertiary alicyclic amines) is 1. The van der Waals surface area contributed by atoms with E-state index in [4.69, 9.17) is 0 Å². The number of amides is 2. The van der Waals surface area contributed by atoms with Gasteiger partial charge in [-0.1, -0.05) is 25.7 Å². The van der Waals surface area contributed by atoms with Gasteiger partial charge in [-0.2, -0.15) is 0 Å². The van der Waals surface area contributed by atoms with Gasteiger partial charge < -0.3 is 10.2 Å². The molecule has 152 valence electrons. The average molecular weight is 384 g/mol. The number of nitrogens with zero attached hydrogens (tertiary/aromatic N) is 2. The van der Waals surface area contributed by atoms with Crippen molar-refractivity contribution in [3.63, 3.8) is 0 Å². The van der Waals surface area contributed by atoms with E-state index in [2.05, 4.69) is 15.2 Å². The van der Waals surface area contributed by atoms with E-state index in [0.29, 0.717) is 36.4 Å². The molecule has 3 aliphatic rings. The second kappa shape index (κ2) is 8.22. The molecule has 4 rings (SSSR count). The molecule has 0 radical (unpaired) electrons. The normalized spacial score (nSPS) is 28.2. The van der Waals surface area contributed by atoms with Gasteiger partial charge in [0.05, 0.1) is 5.56 Å². The van der Waals surface area contributed by atoms with E-state index in [9.17, 15) is 9.59 Å². The van der Waals surface area contributed by atoms with Gasteiger partial charge in [-0.3, -0.25) is 14.6 Å². The summed E-state index contributed by atoms with van der Waals surface area (Å²) in [6.07, 6.45) is 13.1. The van der Waals surface area contributed by atoms with Crippen molar-refractivity contribution >= 4 is 11.8 Å². The zero-order valence-electron chi connectivity index (χ0n) is 17.1. The molecule has 0 spiro atoms. The molecule has 1 aromatic rings. The molecule has 1 aliphatic heterocycles. The second-order valence-electron chi connectivity index (χ2n) is 9.14. The number of pyridine rings is 1. The predicted octanol–water partition coefficient (Wildman–Crippen LogP) is 3.86. The molecule has 1 N–H and O–H groups in total. The standard InChI is InChI=1S/C23H33N3O2/c1-17-19(9-6-14-24-17)22(28)25-16-23-12-5-10-20(23)26(21(27)11-13-23)15-18-7-3-2-4-8-18/h6,9,14,18,20H,2-5,7-8,10-13,15-16H2,1H3,(H,25,28)/t20-,23+/m1/s1. The summed E-state index contributed by atoms with van der Waals surface area (Å²) in [5.41, 5.74) is 1.46. The van der Waals surface area contributed by atoms with Crippen molar-refractivity contribution in [2.45, 2.75) is 77.2 Å². The van der Waals surface area contributed by atoms with Gasteiger partial charge in [-0.05, 0) is 57.1 Å². The van der Waals surface area contributed by atoms with Crippen LogP contribution in [0.3, 0.4) is 0 Å². The van der Waals surface area contributed by atoms with Crippen LogP contribution in [0.1, 0.15) is 80.3 Å². The van der Waals surface area contributed by atoms with Crippen molar-refractivity contribution in [3.8, 4) is 0 Å². The number of carbonyl (C=O) groups is 2. The molecule has 2 saturated carbocycles. The monoisotopic (exact) mass is 383 g/mol. The number of hydrogen-bond donors (Lipinski definition) is 1. The van der Waals surface area contributed by atoms with Crippen LogP contribution in [0.5, 0.6) is 0 Å². The van der Waals surface area contributed by atoms with Crippen molar-refractivity contribution in [1.29, 1.82) is 0 Å². The van der Waals surface area contributed by atoms with E-state index in [1.807, 2.05) is 19.1 Å². The van der Waals surface area contributed by atoms with Gasteiger partial charge in [0.2, 0.25) is 5.91 Å². The van der Waals surface area contributed by atoms with Crippen LogP contribution < -0.4 is 5.32 Å². The number of nitrogens with one attached hydrogen (secondary N) is 1. The quantitative estimate of drug-likeness (QED) is 0.840. The van der Waals surface area contributed by atoms with Gasteiger partial charge >= 0.3 is 0 Å². The lowest BCUT2D eigenvalue weighted by atomic mass is 9.74. The van der Waals surface area contributed by atoms with Crippen LogP contribution in [0.4, 0.5) is 0 Å². The Kier molecular flexibility index (Phi) is 5.70. The van der Waals surface area contributed by atoms with Crippen molar-refractivity contribution < 1.29 is 9.59 Å². The van der Waals surface area contributed by atoms with Gasteiger partial charge in [-0.15, -0.1) is 0 Å². The average Bonchev–Trinajstić information content (AvgIpc) is 3.14. The van der Waals surface area contributed by atoms with E-state index in [1.165, 1.54) is 32.1 Å². The van der Waals surface area contributed by atoms with Crippen LogP contribution in [0.2, 0.25) is 0 Å². The van der Waals surface area contributed by atoms with Crippen molar-refractivity contribution in [3.05, 3.63) is 29.6 Å². The molecule has 2 heterocycles. The number of rotatable bonds is 5. The Balaban J connectivity index is 1.45. The Morgan fingerprint density at radius 3 is 2.82 bits per heavy atom. The second-order valence-corrected chi connectivity index (χ2v) is 9.14. The maximum atomic E-state index is 12.8. The summed E-state index contributed by atoms with van der Waals surface area (Å²) in [4.78, 5) is 32.0. The minimum absolute atomic E-state index is 0.0404. The number of aryl methyl sites for hydroxylation is 1. The topological polar surface area (TPSA) is 62.3 Å². The smallest absolute Gasteiger partial charge is 0.253 e. The fourth-order valence-electron chi connectivity index (χ4n) is 5.82. The molecular formula is C23H33N3O2. The molecule has 1 aromatic heterocycles. The number of piperidine rings is 1. The first-order valence-corrected chi connectivity index (χ1v) is 11.1. The molecule has 2 atom stereocenters. The van der Waals surface area contributed by atoms with Gasteiger partial charge in [0, 0.05) is 42.9 Å². The Labute approximate surface area is 168 Å². The van der Waals surface area contributed by atoms with E-state index >= 15 is 0 Å². The molecule has 5 heteroatoms. The first-order chi connectivity index (χ1) is 13.6. The summed E-state index contributed by atoms with van der Waals surface area (Å²) < 4.78 is 0. The number of hydrogen-bond acceptors (Lipinski definition) is 3. The summed E-state index contributed by atoms with van der Waals surface area (Å²) in [5.74, 6) is 0.964. The maximum Gasteiger partial charge on any atom is 0.253 e. The minimum Gasteiger partial charge on any atom is -0.351 e. The third-order valence-electron chi connectivity index (χ3n) is 7.42. The third kappa shape index (κ3) is 3.81. The highest BCUT2D eigenvalue weighted by atomic mass is 16.2. The highest BCUT2D eigenvalue weighted by Crippen LogP contribution is 2.48. The Hall–Kier alpha value is -1.91. The summed E-state index contributed by atoms with van der Waals surface area (Å²) >= 11 is 0. The van der Waals surface area contributed by atoms with E-state index in [0.717, 1.165) is 37.9 Å². The van der Waals surface area contributed by atoms with Gasteiger partial charge in [-0.25, -0.2) is 0 Å². The lowest BCUT2D eigenvalue weighted by molar-refractivity contribution is -0.142. The molecule has 2 amide bonds. The molecule has 3 fully saturated rings. The van der Waals surface area contributed by atoms with Gasteiger partial charge in [0.1, 0.15) is 0 Å². The van der Waals surface area contributed by atoms with Crippen molar-refractivity contribution in [1.82, 2.24) is 15.2 Å². The molecular weight excluding hydrogens is 350 g/mol. The summed E-state index contributed by atoms with van der Waals surface area (Å²) in [7, 11) is 0. The lowest BCUT2D eigenvalue weighted by Crippen LogP contribution is -2.57. The highest BCUT2D eigenvalue weighted by molar-refractivity contribution is 5.95. The molecule has 0 unspecified atom stereocenters. The number of fused-ring (bicyclic) bond motifs is 1. The molecule has 0 bridgehead atoms. The number of aromatic nitrogens is 1. The molecule has 5 nitrogen and oxygen atoms in total. The molecule has 1 saturated heterocycles. The molecule has 0 aromatic carbocycles. The maximum absolute atomic E-state index is 12.8. The first kappa shape index (κ1) is 19.4. The van der Waals surface area contributed by atoms with E-state index in [-0.39, 0.29) is 11.3 Å². The fraction of sp³-hybridized carbons (Fsp3) is 0.696. The number of carbonyl (C=O) groups excluding carboxylic acids is 2. The van der Waals surface area contributed by atoms with Crippen molar-refractivity contribution in [2.24, 2.45) is 11.3 Å². The van der Waals surface area contributed by atoms with Crippen LogP contribution >= 0.6 is 0 Å². The largest absolute Gasteiger partial charge is 0.351 e. The molecule has 2 aliphatic carbocycles. The highest BCUT2D eigenvalue weighted by Gasteiger charge is 2.50. The van der Waals surface area contributed by atoms with Crippen LogP contribution in [0.15, 0.2) is 18.3 Å². The van der Waals surface area contributed by atoms with Gasteiger partial charge in [0.15, 0.2) is 0 Å². The predicted molar refractivity (Wildman–Crippen MR) is 109 cm³/mol. The lowest BCUT2D eigenvalue weighted by Gasteiger charge is -2.47. The fourth-order valence-corrected chi connectivity index (χ4v) is 5.82. The van der Waals surface area contributed by atoms with E-state index < -0.39 is 0 Å². The zero-order valence-corrected chi connectivity index (χ0v) is 17.1. The summed E-state index contributed by atoms with van der Waals surface area (Å²) in [6.45, 7) is 3.47. The molecule has 28 heavy (non-hydrogen) atoms. The van der Waals surface area contributed by atoms with Crippen LogP contribution in [0.25, 0.3) is 0 Å². The minimum atomic E-state index is -0.0404. The zero-order chi connectivity index (χ0) is 19.6. The van der Waals surface area contributed by atoms with E-state index in [1.54, 1.807) is 6.20 Å². The third-order valence-corrected chi connectivity index (χ3v) is 7.42. The first-order valence-electron chi connectivity index (χ1n) is 11.1. The Bertz CT molecular complexity index is 728. The Morgan fingerprint density at radius 2 is 2.04 bits per heavy atom. The Morgan fingerprint density at radius 1 is 1.21 bits per heavy atom. The van der Waals surface area contributed by atoms with Crippen LogP contribution in [-0.2, 0) is 4.79 Å². The van der Waals surface area contributed by atoms with Crippen LogP contribution in [0, 0.1) is 18.3 Å². The summed E-state index contributed by atoms with van der Waals surface area (Å²) in [6, 6.07) is 3.94. The van der Waals surface area contributed by atoms with Crippen molar-refractivity contribution in [2.75, 3.05) is 13.1 Å². The SMILES string of the molecule is Cc1ncccc1C(=O)NC[C@@]12CCC[C@H]1N(CC1CCCCC1)C(=O)CC2.